The predicted octanol–water partition coefficient (Wildman–Crippen LogP) is 15.4. The van der Waals surface area contributed by atoms with Crippen LogP contribution in [0.5, 0.6) is 0 Å². The van der Waals surface area contributed by atoms with Gasteiger partial charge in [0.15, 0.2) is 0 Å². The van der Waals surface area contributed by atoms with Gasteiger partial charge in [0.1, 0.15) is 11.2 Å². The minimum absolute atomic E-state index is 0.0922. The topological polar surface area (TPSA) is 16.4 Å². The van der Waals surface area contributed by atoms with Gasteiger partial charge in [-0.05, 0) is 132 Å². The Kier molecular flexibility index (Phi) is 6.74. The minimum atomic E-state index is -0.495. The Morgan fingerprint density at radius 3 is 1.65 bits per heavy atom. The van der Waals surface area contributed by atoms with E-state index in [4.69, 9.17) is 4.42 Å². The summed E-state index contributed by atoms with van der Waals surface area (Å²) in [5.41, 5.74) is 23.1. The van der Waals surface area contributed by atoms with Crippen LogP contribution in [0.2, 0.25) is 0 Å². The molecule has 9 aromatic carbocycles. The summed E-state index contributed by atoms with van der Waals surface area (Å²) in [6.07, 6.45) is 0. The number of fused-ring (bicyclic) bond motifs is 17. The zero-order valence-corrected chi connectivity index (χ0v) is 33.4. The maximum atomic E-state index is 6.46. The van der Waals surface area contributed by atoms with Crippen LogP contribution < -0.4 is 4.90 Å². The average Bonchev–Trinajstić information content (AvgIpc) is 3.98. The van der Waals surface area contributed by atoms with Crippen molar-refractivity contribution in [2.45, 2.75) is 24.7 Å². The molecule has 0 saturated heterocycles. The summed E-state index contributed by atoms with van der Waals surface area (Å²) in [7, 11) is 0. The summed E-state index contributed by atoms with van der Waals surface area (Å²) in [5.74, 6) is 0. The molecule has 2 nitrogen and oxygen atoms in total. The average molecular weight is 766 g/mol. The van der Waals surface area contributed by atoms with Gasteiger partial charge in [0.2, 0.25) is 0 Å². The van der Waals surface area contributed by atoms with Crippen LogP contribution in [0.3, 0.4) is 0 Å². The monoisotopic (exact) mass is 765 g/mol. The molecular weight excluding hydrogens is 727 g/mol. The third-order valence-corrected chi connectivity index (χ3v) is 13.9. The number of benzene rings is 9. The summed E-state index contributed by atoms with van der Waals surface area (Å²) < 4.78 is 6.46. The van der Waals surface area contributed by atoms with Crippen molar-refractivity contribution < 1.29 is 4.42 Å². The highest BCUT2D eigenvalue weighted by Gasteiger charge is 2.53. The van der Waals surface area contributed by atoms with Crippen LogP contribution in [-0.2, 0) is 10.8 Å². The minimum Gasteiger partial charge on any atom is -0.456 e. The van der Waals surface area contributed by atoms with E-state index in [0.29, 0.717) is 0 Å². The lowest BCUT2D eigenvalue weighted by molar-refractivity contribution is 0.660. The summed E-state index contributed by atoms with van der Waals surface area (Å²) in [4.78, 5) is 2.42. The van der Waals surface area contributed by atoms with E-state index < -0.39 is 5.41 Å². The second kappa shape index (κ2) is 12.1. The standard InChI is InChI=1S/C58H39NO/c1-57(2)47-22-12-10-20-43(47)55-50(57)29-30-51-56(55)44-21-11-14-24-49(44)58(51)48-23-13-9-19-41(48)42-28-26-40(35-52(42)58)59(38-17-7-4-8-18-38)39-27-32-54-46(34-39)45-33-37(25-31-53(45)60-54)36-15-5-3-6-16-36/h3-35H,1-2H3. The first-order valence-corrected chi connectivity index (χ1v) is 21.0. The van der Waals surface area contributed by atoms with Gasteiger partial charge in [-0.1, -0.05) is 159 Å². The Bertz CT molecular complexity index is 3410. The van der Waals surface area contributed by atoms with Crippen LogP contribution in [0.25, 0.3) is 66.4 Å². The first-order chi connectivity index (χ1) is 29.5. The van der Waals surface area contributed by atoms with Crippen molar-refractivity contribution in [3.8, 4) is 44.5 Å². The SMILES string of the molecule is CC1(C)c2ccccc2-c2c1ccc1c2-c2ccccc2C12c1ccccc1-c1ccc(N(c3ccccc3)c3ccc4oc5ccc(-c6ccccc6)cc5c4c3)cc12. The number of hydrogen-bond donors (Lipinski definition) is 0. The second-order valence-corrected chi connectivity index (χ2v) is 17.2. The van der Waals surface area contributed by atoms with Crippen LogP contribution in [0.4, 0.5) is 17.1 Å². The maximum Gasteiger partial charge on any atom is 0.135 e. The smallest absolute Gasteiger partial charge is 0.135 e. The van der Waals surface area contributed by atoms with Crippen LogP contribution in [-0.4, -0.2) is 0 Å². The lowest BCUT2D eigenvalue weighted by Crippen LogP contribution is -2.26. The van der Waals surface area contributed by atoms with Crippen molar-refractivity contribution in [3.63, 3.8) is 0 Å². The van der Waals surface area contributed by atoms with Crippen molar-refractivity contribution >= 4 is 39.0 Å². The maximum absolute atomic E-state index is 6.46. The molecule has 0 N–H and O–H groups in total. The van der Waals surface area contributed by atoms with Crippen LogP contribution in [0.15, 0.2) is 205 Å². The Hall–Kier alpha value is -7.42. The van der Waals surface area contributed by atoms with Crippen LogP contribution in [0.1, 0.15) is 47.2 Å². The van der Waals surface area contributed by atoms with Crippen molar-refractivity contribution in [1.29, 1.82) is 0 Å². The highest BCUT2D eigenvalue weighted by atomic mass is 16.3. The summed E-state index contributed by atoms with van der Waals surface area (Å²) in [6, 6.07) is 74.1. The zero-order chi connectivity index (χ0) is 39.7. The van der Waals surface area contributed by atoms with Gasteiger partial charge >= 0.3 is 0 Å². The fourth-order valence-electron chi connectivity index (χ4n) is 11.3. The van der Waals surface area contributed by atoms with Crippen LogP contribution in [0, 0.1) is 0 Å². The highest BCUT2D eigenvalue weighted by Crippen LogP contribution is 2.66. The Balaban J connectivity index is 1.06. The van der Waals surface area contributed by atoms with E-state index in [9.17, 15) is 0 Å². The molecule has 13 rings (SSSR count). The van der Waals surface area contributed by atoms with E-state index in [2.05, 4.69) is 219 Å². The van der Waals surface area contributed by atoms with E-state index in [1.807, 2.05) is 0 Å². The number of anilines is 3. The fourth-order valence-corrected chi connectivity index (χ4v) is 11.3. The molecule has 60 heavy (non-hydrogen) atoms. The van der Waals surface area contributed by atoms with Crippen molar-refractivity contribution in [3.05, 3.63) is 234 Å². The second-order valence-electron chi connectivity index (χ2n) is 17.2. The lowest BCUT2D eigenvalue weighted by atomic mass is 9.70. The molecule has 1 unspecified atom stereocenters. The van der Waals surface area contributed by atoms with Gasteiger partial charge in [-0.2, -0.15) is 0 Å². The molecule has 0 saturated carbocycles. The van der Waals surface area contributed by atoms with E-state index in [0.717, 1.165) is 39.0 Å². The van der Waals surface area contributed by atoms with Crippen molar-refractivity contribution in [2.24, 2.45) is 0 Å². The molecule has 1 aromatic heterocycles. The number of para-hydroxylation sites is 1. The van der Waals surface area contributed by atoms with E-state index in [1.165, 1.54) is 77.9 Å². The highest BCUT2D eigenvalue weighted by molar-refractivity contribution is 6.08. The first-order valence-electron chi connectivity index (χ1n) is 21.0. The van der Waals surface area contributed by atoms with Gasteiger partial charge in [-0.25, -0.2) is 0 Å². The molecule has 0 aliphatic heterocycles. The van der Waals surface area contributed by atoms with Gasteiger partial charge in [-0.3, -0.25) is 0 Å². The summed E-state index contributed by atoms with van der Waals surface area (Å²) >= 11 is 0. The zero-order valence-electron chi connectivity index (χ0n) is 33.4. The van der Waals surface area contributed by atoms with Gasteiger partial charge < -0.3 is 9.32 Å². The number of furan rings is 1. The molecule has 1 spiro atoms. The molecule has 0 bridgehead atoms. The molecule has 10 aromatic rings. The molecule has 1 atom stereocenters. The molecule has 0 fully saturated rings. The van der Waals surface area contributed by atoms with Crippen molar-refractivity contribution in [2.75, 3.05) is 4.90 Å². The molecule has 3 aliphatic carbocycles. The molecule has 3 aliphatic rings. The normalized spacial score (nSPS) is 16.0. The van der Waals surface area contributed by atoms with E-state index in [-0.39, 0.29) is 5.41 Å². The van der Waals surface area contributed by atoms with Crippen LogP contribution >= 0.6 is 0 Å². The van der Waals surface area contributed by atoms with E-state index >= 15 is 0 Å². The number of nitrogens with zero attached hydrogens (tertiary/aromatic N) is 1. The molecule has 1 heterocycles. The van der Waals surface area contributed by atoms with Crippen molar-refractivity contribution in [1.82, 2.24) is 0 Å². The first kappa shape index (κ1) is 33.5. The van der Waals surface area contributed by atoms with Gasteiger partial charge in [0.25, 0.3) is 0 Å². The van der Waals surface area contributed by atoms with Gasteiger partial charge in [0.05, 0.1) is 5.41 Å². The number of rotatable bonds is 4. The largest absolute Gasteiger partial charge is 0.456 e. The quantitative estimate of drug-likeness (QED) is 0.177. The lowest BCUT2D eigenvalue weighted by Gasteiger charge is -2.32. The number of hydrogen-bond acceptors (Lipinski definition) is 2. The third kappa shape index (κ3) is 4.32. The van der Waals surface area contributed by atoms with Gasteiger partial charge in [-0.15, -0.1) is 0 Å². The Morgan fingerprint density at radius 1 is 0.350 bits per heavy atom. The fraction of sp³-hybridized carbons (Fsp3) is 0.0690. The van der Waals surface area contributed by atoms with E-state index in [1.54, 1.807) is 0 Å². The van der Waals surface area contributed by atoms with Gasteiger partial charge in [0, 0.05) is 33.2 Å². The molecule has 0 amide bonds. The molecular formula is C58H39NO. The molecule has 0 radical (unpaired) electrons. The molecule has 282 valence electrons. The predicted molar refractivity (Wildman–Crippen MR) is 248 cm³/mol. The Labute approximate surface area is 349 Å². The Morgan fingerprint density at radius 2 is 0.883 bits per heavy atom. The summed E-state index contributed by atoms with van der Waals surface area (Å²) in [6.45, 7) is 4.77. The molecule has 2 heteroatoms. The third-order valence-electron chi connectivity index (χ3n) is 13.9. The summed E-state index contributed by atoms with van der Waals surface area (Å²) in [5, 5.41) is 2.21.